The standard InChI is InChI=1S/C9H16ClNO3/c1-6(12)11-8-5-14-9(2,3)13-4-7(8)10/h7-8H,4-5H2,1-3H3,(H,11,12)/t7-,8-/m0/s1. The van der Waals surface area contributed by atoms with Crippen LogP contribution in [0.1, 0.15) is 20.8 Å². The average Bonchev–Trinajstić information content (AvgIpc) is 2.17. The third kappa shape index (κ3) is 3.44. The minimum absolute atomic E-state index is 0.107. The maximum Gasteiger partial charge on any atom is 0.217 e. The van der Waals surface area contributed by atoms with Crippen LogP contribution in [0, 0.1) is 0 Å². The molecule has 0 saturated carbocycles. The van der Waals surface area contributed by atoms with E-state index in [1.54, 1.807) is 0 Å². The van der Waals surface area contributed by atoms with E-state index < -0.39 is 5.79 Å². The summed E-state index contributed by atoms with van der Waals surface area (Å²) < 4.78 is 10.9. The first-order chi connectivity index (χ1) is 6.41. The van der Waals surface area contributed by atoms with E-state index in [2.05, 4.69) is 5.32 Å². The van der Waals surface area contributed by atoms with E-state index in [0.29, 0.717) is 13.2 Å². The highest BCUT2D eigenvalue weighted by atomic mass is 35.5. The molecule has 1 aliphatic rings. The van der Waals surface area contributed by atoms with Gasteiger partial charge in [0.1, 0.15) is 0 Å². The van der Waals surface area contributed by atoms with Crippen molar-refractivity contribution in [3.8, 4) is 0 Å². The number of alkyl halides is 1. The van der Waals surface area contributed by atoms with Crippen molar-refractivity contribution in [1.82, 2.24) is 5.32 Å². The zero-order valence-electron chi connectivity index (χ0n) is 8.67. The number of rotatable bonds is 1. The normalized spacial score (nSPS) is 32.0. The largest absolute Gasteiger partial charge is 0.350 e. The second-order valence-electron chi connectivity index (χ2n) is 3.84. The predicted octanol–water partition coefficient (Wildman–Crippen LogP) is 0.881. The topological polar surface area (TPSA) is 47.6 Å². The smallest absolute Gasteiger partial charge is 0.217 e. The number of hydrogen-bond acceptors (Lipinski definition) is 3. The van der Waals surface area contributed by atoms with Gasteiger partial charge in [-0.2, -0.15) is 0 Å². The summed E-state index contributed by atoms with van der Waals surface area (Å²) in [4.78, 5) is 10.9. The number of nitrogens with one attached hydrogen (secondary N) is 1. The van der Waals surface area contributed by atoms with Gasteiger partial charge in [-0.15, -0.1) is 11.6 Å². The number of carbonyl (C=O) groups excluding carboxylic acids is 1. The number of hydrogen-bond donors (Lipinski definition) is 1. The zero-order valence-corrected chi connectivity index (χ0v) is 9.43. The summed E-state index contributed by atoms with van der Waals surface area (Å²) in [7, 11) is 0. The van der Waals surface area contributed by atoms with Crippen LogP contribution in [0.15, 0.2) is 0 Å². The highest BCUT2D eigenvalue weighted by Gasteiger charge is 2.31. The molecule has 0 radical (unpaired) electrons. The third-order valence-electron chi connectivity index (χ3n) is 2.03. The molecule has 1 fully saturated rings. The molecule has 1 aliphatic heterocycles. The number of ether oxygens (including phenoxy) is 2. The van der Waals surface area contributed by atoms with E-state index in [0.717, 1.165) is 0 Å². The van der Waals surface area contributed by atoms with Gasteiger partial charge in [-0.05, 0) is 13.8 Å². The van der Waals surface area contributed by atoms with Gasteiger partial charge >= 0.3 is 0 Å². The fraction of sp³-hybridized carbons (Fsp3) is 0.889. The molecule has 5 heteroatoms. The monoisotopic (exact) mass is 221 g/mol. The molecule has 14 heavy (non-hydrogen) atoms. The van der Waals surface area contributed by atoms with Crippen molar-refractivity contribution in [1.29, 1.82) is 0 Å². The van der Waals surface area contributed by atoms with Crippen LogP contribution in [-0.2, 0) is 14.3 Å². The molecule has 0 aromatic heterocycles. The lowest BCUT2D eigenvalue weighted by Crippen LogP contribution is -2.43. The molecule has 82 valence electrons. The molecule has 0 aromatic carbocycles. The molecule has 0 bridgehead atoms. The van der Waals surface area contributed by atoms with Crippen LogP contribution in [0.5, 0.6) is 0 Å². The van der Waals surface area contributed by atoms with Crippen molar-refractivity contribution >= 4 is 17.5 Å². The van der Waals surface area contributed by atoms with Crippen molar-refractivity contribution in [3.05, 3.63) is 0 Å². The van der Waals surface area contributed by atoms with Crippen molar-refractivity contribution in [2.75, 3.05) is 13.2 Å². The lowest BCUT2D eigenvalue weighted by Gasteiger charge is -2.22. The zero-order chi connectivity index (χ0) is 10.8. The highest BCUT2D eigenvalue weighted by Crippen LogP contribution is 2.19. The molecular formula is C9H16ClNO3. The van der Waals surface area contributed by atoms with Crippen LogP contribution >= 0.6 is 11.6 Å². The summed E-state index contributed by atoms with van der Waals surface area (Å²) in [6.45, 7) is 5.86. The van der Waals surface area contributed by atoms with E-state index in [1.807, 2.05) is 13.8 Å². The van der Waals surface area contributed by atoms with Crippen LogP contribution in [0.3, 0.4) is 0 Å². The molecule has 1 rings (SSSR count). The molecule has 1 heterocycles. The van der Waals surface area contributed by atoms with Gasteiger partial charge in [0, 0.05) is 6.92 Å². The minimum Gasteiger partial charge on any atom is -0.350 e. The SMILES string of the molecule is CC(=O)N[C@H]1COC(C)(C)OC[C@@H]1Cl. The molecule has 0 aromatic rings. The Labute approximate surface area is 88.9 Å². The second-order valence-corrected chi connectivity index (χ2v) is 4.41. The number of amides is 1. The highest BCUT2D eigenvalue weighted by molar-refractivity contribution is 6.21. The number of halogens is 1. The van der Waals surface area contributed by atoms with Gasteiger partial charge in [-0.3, -0.25) is 4.79 Å². The van der Waals surface area contributed by atoms with E-state index >= 15 is 0 Å². The first kappa shape index (κ1) is 11.8. The van der Waals surface area contributed by atoms with Crippen molar-refractivity contribution in [2.24, 2.45) is 0 Å². The van der Waals surface area contributed by atoms with Crippen LogP contribution in [0.25, 0.3) is 0 Å². The molecule has 1 N–H and O–H groups in total. The van der Waals surface area contributed by atoms with Gasteiger partial charge in [0.05, 0.1) is 24.6 Å². The minimum atomic E-state index is -0.625. The predicted molar refractivity (Wildman–Crippen MR) is 53.2 cm³/mol. The van der Waals surface area contributed by atoms with Gasteiger partial charge in [0.25, 0.3) is 0 Å². The molecule has 0 spiro atoms. The molecule has 0 unspecified atom stereocenters. The van der Waals surface area contributed by atoms with Crippen LogP contribution in [0.4, 0.5) is 0 Å². The maximum atomic E-state index is 10.9. The third-order valence-corrected chi connectivity index (χ3v) is 2.46. The van der Waals surface area contributed by atoms with E-state index in [-0.39, 0.29) is 17.3 Å². The van der Waals surface area contributed by atoms with E-state index in [9.17, 15) is 4.79 Å². The molecule has 4 nitrogen and oxygen atoms in total. The maximum absolute atomic E-state index is 10.9. The van der Waals surface area contributed by atoms with Crippen LogP contribution in [0.2, 0.25) is 0 Å². The molecular weight excluding hydrogens is 206 g/mol. The van der Waals surface area contributed by atoms with Crippen molar-refractivity contribution < 1.29 is 14.3 Å². The summed E-state index contributed by atoms with van der Waals surface area (Å²) in [6.07, 6.45) is 0. The summed E-state index contributed by atoms with van der Waals surface area (Å²) >= 11 is 6.04. The Kier molecular flexibility index (Phi) is 3.75. The van der Waals surface area contributed by atoms with Gasteiger partial charge in [-0.25, -0.2) is 0 Å². The Morgan fingerprint density at radius 3 is 2.57 bits per heavy atom. The summed E-state index contributed by atoms with van der Waals surface area (Å²) in [5.41, 5.74) is 0. The Balaban J connectivity index is 2.56. The average molecular weight is 222 g/mol. The fourth-order valence-corrected chi connectivity index (χ4v) is 1.42. The molecule has 2 atom stereocenters. The first-order valence-corrected chi connectivity index (χ1v) is 5.03. The van der Waals surface area contributed by atoms with E-state index in [4.69, 9.17) is 21.1 Å². The van der Waals surface area contributed by atoms with Gasteiger partial charge in [0.15, 0.2) is 5.79 Å². The van der Waals surface area contributed by atoms with Gasteiger partial charge in [0.2, 0.25) is 5.91 Å². The fourth-order valence-electron chi connectivity index (χ4n) is 1.23. The Morgan fingerprint density at radius 2 is 2.00 bits per heavy atom. The Morgan fingerprint density at radius 1 is 1.43 bits per heavy atom. The lowest BCUT2D eigenvalue weighted by atomic mass is 10.2. The van der Waals surface area contributed by atoms with Gasteiger partial charge in [-0.1, -0.05) is 0 Å². The quantitative estimate of drug-likeness (QED) is 0.669. The lowest BCUT2D eigenvalue weighted by molar-refractivity contribution is -0.200. The van der Waals surface area contributed by atoms with Crippen molar-refractivity contribution in [3.63, 3.8) is 0 Å². The summed E-state index contributed by atoms with van der Waals surface area (Å²) in [5, 5.41) is 2.48. The molecule has 1 amide bonds. The second kappa shape index (κ2) is 4.47. The first-order valence-electron chi connectivity index (χ1n) is 4.60. The van der Waals surface area contributed by atoms with Crippen LogP contribution in [-0.4, -0.2) is 36.3 Å². The van der Waals surface area contributed by atoms with Gasteiger partial charge < -0.3 is 14.8 Å². The molecule has 1 saturated heterocycles. The van der Waals surface area contributed by atoms with Crippen molar-refractivity contribution in [2.45, 2.75) is 38.0 Å². The Hall–Kier alpha value is -0.320. The summed E-state index contributed by atoms with van der Waals surface area (Å²) in [5.74, 6) is -0.732. The Bertz CT molecular complexity index is 220. The van der Waals surface area contributed by atoms with E-state index in [1.165, 1.54) is 6.92 Å². The summed E-state index contributed by atoms with van der Waals surface area (Å²) in [6, 6.07) is -0.184. The van der Waals surface area contributed by atoms with Crippen LogP contribution < -0.4 is 5.32 Å². The molecule has 0 aliphatic carbocycles. The number of carbonyl (C=O) groups is 1.